The minimum Gasteiger partial charge on any atom is -0.352 e. The largest absolute Gasteiger partial charge is 0.352 e. The lowest BCUT2D eigenvalue weighted by Crippen LogP contribution is -2.51. The standard InChI is InChI=1S/C31H35N3O2/c1-23(35)31(26-10-3-2-4-11-26)15-18-34(19-16-31)22-30(36)33-29-14-13-25-9-5-6-12-27(25)28(29)20-24-8-7-17-32-21-24/h2-12,17,21,28-29H,13-16,18-20,22H2,1H3,(H,33,36)/t28-,29+/m0/s1. The van der Waals surface area contributed by atoms with Gasteiger partial charge in [0.05, 0.1) is 12.0 Å². The maximum absolute atomic E-state index is 13.2. The Bertz CT molecular complexity index is 1190. The Balaban J connectivity index is 1.24. The molecule has 1 amide bonds. The number of nitrogens with zero attached hydrogens (tertiary/aromatic N) is 2. The monoisotopic (exact) mass is 481 g/mol. The number of Topliss-reactive ketones (excluding diaryl/α,β-unsaturated/α-hetero) is 1. The molecule has 0 saturated carbocycles. The second-order valence-corrected chi connectivity index (χ2v) is 10.4. The van der Waals surface area contributed by atoms with Crippen molar-refractivity contribution in [3.8, 4) is 0 Å². The summed E-state index contributed by atoms with van der Waals surface area (Å²) in [5.74, 6) is 0.524. The molecule has 1 aliphatic carbocycles. The molecule has 1 aromatic heterocycles. The average Bonchev–Trinajstić information content (AvgIpc) is 2.91. The highest BCUT2D eigenvalue weighted by Crippen LogP contribution is 2.37. The summed E-state index contributed by atoms with van der Waals surface area (Å²) >= 11 is 0. The van der Waals surface area contributed by atoms with Crippen LogP contribution in [0.25, 0.3) is 0 Å². The van der Waals surface area contributed by atoms with Gasteiger partial charge in [0, 0.05) is 24.4 Å². The molecule has 2 aromatic carbocycles. The normalized spacial score (nSPS) is 21.4. The first kappa shape index (κ1) is 24.4. The number of carbonyl (C=O) groups excluding carboxylic acids is 2. The number of hydrogen-bond donors (Lipinski definition) is 1. The molecule has 1 N–H and O–H groups in total. The highest BCUT2D eigenvalue weighted by Gasteiger charge is 2.40. The van der Waals surface area contributed by atoms with Crippen LogP contribution in [0, 0.1) is 0 Å². The summed E-state index contributed by atoms with van der Waals surface area (Å²) < 4.78 is 0. The van der Waals surface area contributed by atoms with Crippen LogP contribution in [0.15, 0.2) is 79.1 Å². The van der Waals surface area contributed by atoms with Gasteiger partial charge in [-0.3, -0.25) is 19.5 Å². The number of fused-ring (bicyclic) bond motifs is 1. The zero-order chi connectivity index (χ0) is 25.0. The summed E-state index contributed by atoms with van der Waals surface area (Å²) in [5.41, 5.74) is 4.58. The van der Waals surface area contributed by atoms with Crippen LogP contribution in [0.1, 0.15) is 54.4 Å². The molecule has 2 aliphatic rings. The second kappa shape index (κ2) is 10.8. The number of amides is 1. The Labute approximate surface area is 213 Å². The van der Waals surface area contributed by atoms with Crippen molar-refractivity contribution in [3.63, 3.8) is 0 Å². The fourth-order valence-electron chi connectivity index (χ4n) is 6.20. The maximum Gasteiger partial charge on any atom is 0.234 e. The number of piperidine rings is 1. The van der Waals surface area contributed by atoms with Gasteiger partial charge in [0.1, 0.15) is 5.78 Å². The molecule has 5 rings (SSSR count). The molecule has 0 bridgehead atoms. The van der Waals surface area contributed by atoms with Crippen molar-refractivity contribution in [2.75, 3.05) is 19.6 Å². The summed E-state index contributed by atoms with van der Waals surface area (Å²) in [6, 6.07) is 22.9. The quantitative estimate of drug-likeness (QED) is 0.541. The third-order valence-corrected chi connectivity index (χ3v) is 8.27. The first-order chi connectivity index (χ1) is 17.5. The first-order valence-electron chi connectivity index (χ1n) is 13.1. The molecule has 0 unspecified atom stereocenters. The van der Waals surface area contributed by atoms with Gasteiger partial charge >= 0.3 is 0 Å². The van der Waals surface area contributed by atoms with E-state index in [-0.39, 0.29) is 23.7 Å². The van der Waals surface area contributed by atoms with Gasteiger partial charge in [-0.05, 0) is 80.4 Å². The zero-order valence-corrected chi connectivity index (χ0v) is 21.0. The zero-order valence-electron chi connectivity index (χ0n) is 21.0. The third kappa shape index (κ3) is 5.12. The van der Waals surface area contributed by atoms with Crippen molar-refractivity contribution in [2.24, 2.45) is 0 Å². The molecule has 1 saturated heterocycles. The highest BCUT2D eigenvalue weighted by molar-refractivity contribution is 5.88. The van der Waals surface area contributed by atoms with Gasteiger partial charge in [0.2, 0.25) is 5.91 Å². The van der Waals surface area contributed by atoms with E-state index in [1.165, 1.54) is 16.7 Å². The van der Waals surface area contributed by atoms with Crippen LogP contribution in [0.4, 0.5) is 0 Å². The predicted octanol–water partition coefficient (Wildman–Crippen LogP) is 4.46. The summed E-state index contributed by atoms with van der Waals surface area (Å²) in [6.45, 7) is 3.57. The Morgan fingerprint density at radius 3 is 2.47 bits per heavy atom. The highest BCUT2D eigenvalue weighted by atomic mass is 16.2. The minimum atomic E-state index is -0.434. The van der Waals surface area contributed by atoms with E-state index in [1.807, 2.05) is 30.5 Å². The Hall–Kier alpha value is -3.31. The molecule has 1 aliphatic heterocycles. The maximum atomic E-state index is 13.2. The topological polar surface area (TPSA) is 62.3 Å². The summed E-state index contributed by atoms with van der Waals surface area (Å²) in [7, 11) is 0. The molecule has 2 heterocycles. The van der Waals surface area contributed by atoms with Crippen molar-refractivity contribution in [1.29, 1.82) is 0 Å². The van der Waals surface area contributed by atoms with Crippen LogP contribution in [0.3, 0.4) is 0 Å². The van der Waals surface area contributed by atoms with Crippen molar-refractivity contribution in [2.45, 2.75) is 56.4 Å². The van der Waals surface area contributed by atoms with E-state index < -0.39 is 5.41 Å². The van der Waals surface area contributed by atoms with Crippen molar-refractivity contribution in [3.05, 3.63) is 101 Å². The molecule has 1 fully saturated rings. The van der Waals surface area contributed by atoms with E-state index >= 15 is 0 Å². The molecular formula is C31H35N3O2. The molecule has 5 heteroatoms. The number of hydrogen-bond acceptors (Lipinski definition) is 4. The lowest BCUT2D eigenvalue weighted by molar-refractivity contribution is -0.125. The lowest BCUT2D eigenvalue weighted by atomic mass is 9.70. The number of ketones is 1. The van der Waals surface area contributed by atoms with Crippen LogP contribution in [0.5, 0.6) is 0 Å². The predicted molar refractivity (Wildman–Crippen MR) is 142 cm³/mol. The van der Waals surface area contributed by atoms with Gasteiger partial charge in [-0.1, -0.05) is 60.7 Å². The summed E-state index contributed by atoms with van der Waals surface area (Å²) in [4.78, 5) is 32.4. The number of rotatable bonds is 7. The fourth-order valence-corrected chi connectivity index (χ4v) is 6.20. The number of likely N-dealkylation sites (tertiary alicyclic amines) is 1. The third-order valence-electron chi connectivity index (χ3n) is 8.27. The van der Waals surface area contributed by atoms with Crippen LogP contribution < -0.4 is 5.32 Å². The van der Waals surface area contributed by atoms with Crippen LogP contribution in [-0.4, -0.2) is 47.3 Å². The molecule has 36 heavy (non-hydrogen) atoms. The molecular weight excluding hydrogens is 446 g/mol. The SMILES string of the molecule is CC(=O)C1(c2ccccc2)CCN(CC(=O)N[C@@H]2CCc3ccccc3[C@@H]2Cc2cccnc2)CC1. The van der Waals surface area contributed by atoms with Crippen molar-refractivity contribution < 1.29 is 9.59 Å². The molecule has 0 spiro atoms. The van der Waals surface area contributed by atoms with E-state index in [9.17, 15) is 9.59 Å². The van der Waals surface area contributed by atoms with Crippen molar-refractivity contribution in [1.82, 2.24) is 15.2 Å². The number of nitrogens with one attached hydrogen (secondary N) is 1. The van der Waals surface area contributed by atoms with E-state index in [0.29, 0.717) is 6.54 Å². The van der Waals surface area contributed by atoms with E-state index in [2.05, 4.69) is 57.7 Å². The summed E-state index contributed by atoms with van der Waals surface area (Å²) in [5, 5.41) is 3.38. The lowest BCUT2D eigenvalue weighted by Gasteiger charge is -2.41. The molecule has 186 valence electrons. The average molecular weight is 482 g/mol. The second-order valence-electron chi connectivity index (χ2n) is 10.4. The van der Waals surface area contributed by atoms with Gasteiger partial charge in [-0.15, -0.1) is 0 Å². The van der Waals surface area contributed by atoms with E-state index in [1.54, 1.807) is 13.1 Å². The van der Waals surface area contributed by atoms with Gasteiger partial charge in [0.15, 0.2) is 0 Å². The van der Waals surface area contributed by atoms with Gasteiger partial charge in [0.25, 0.3) is 0 Å². The van der Waals surface area contributed by atoms with Crippen LogP contribution in [0.2, 0.25) is 0 Å². The number of pyridine rings is 1. The Morgan fingerprint density at radius 1 is 1.00 bits per heavy atom. The summed E-state index contributed by atoms with van der Waals surface area (Å²) in [6.07, 6.45) is 8.01. The van der Waals surface area contributed by atoms with Crippen molar-refractivity contribution >= 4 is 11.7 Å². The molecule has 5 nitrogen and oxygen atoms in total. The van der Waals surface area contributed by atoms with Crippen LogP contribution >= 0.6 is 0 Å². The fraction of sp³-hybridized carbons (Fsp3) is 0.387. The molecule has 3 aromatic rings. The van der Waals surface area contributed by atoms with E-state index in [4.69, 9.17) is 0 Å². The van der Waals surface area contributed by atoms with Crippen LogP contribution in [-0.2, 0) is 27.8 Å². The molecule has 0 radical (unpaired) electrons. The number of aromatic nitrogens is 1. The Kier molecular flexibility index (Phi) is 7.28. The number of benzene rings is 2. The van der Waals surface area contributed by atoms with Gasteiger partial charge < -0.3 is 5.32 Å². The van der Waals surface area contributed by atoms with Gasteiger partial charge in [-0.25, -0.2) is 0 Å². The first-order valence-corrected chi connectivity index (χ1v) is 13.1. The minimum absolute atomic E-state index is 0.0746. The van der Waals surface area contributed by atoms with Gasteiger partial charge in [-0.2, -0.15) is 0 Å². The number of aryl methyl sites for hydroxylation is 1. The number of carbonyl (C=O) groups is 2. The van der Waals surface area contributed by atoms with E-state index in [0.717, 1.165) is 50.8 Å². The smallest absolute Gasteiger partial charge is 0.234 e. The Morgan fingerprint density at radius 2 is 1.75 bits per heavy atom. The molecule has 2 atom stereocenters.